The number of carbonyl (C=O) groups excluding carboxylic acids is 1. The fourth-order valence-electron chi connectivity index (χ4n) is 0. The summed E-state index contributed by atoms with van der Waals surface area (Å²) < 4.78 is 3.35. The Balaban J connectivity index is 0. The van der Waals surface area contributed by atoms with Gasteiger partial charge in [0, 0.05) is 11.6 Å². The van der Waals surface area contributed by atoms with Crippen LogP contribution in [0.3, 0.4) is 0 Å². The van der Waals surface area contributed by atoms with E-state index in [4.69, 9.17) is 0 Å². The maximum absolute atomic E-state index is 9.22. The van der Waals surface area contributed by atoms with Crippen LogP contribution in [0.25, 0.3) is 0 Å². The van der Waals surface area contributed by atoms with E-state index in [0.717, 1.165) is 0 Å². The number of halogens is 2. The Morgan fingerprint density at radius 2 is 1.71 bits per heavy atom. The molecule has 0 radical (unpaired) electrons. The monoisotopic (exact) mass is 142 g/mol. The van der Waals surface area contributed by atoms with E-state index in [-0.39, 0.29) is 0 Å². The molecule has 0 saturated heterocycles. The lowest BCUT2D eigenvalue weighted by Gasteiger charge is -1.71. The minimum Gasteiger partial charge on any atom is -0.334 e. The third-order valence-electron chi connectivity index (χ3n) is 0.0607. The van der Waals surface area contributed by atoms with Gasteiger partial charge in [0.15, 0.2) is 0 Å². The van der Waals surface area contributed by atoms with Gasteiger partial charge in [-0.3, -0.25) is 0 Å². The summed E-state index contributed by atoms with van der Waals surface area (Å²) in [4.78, 5) is 9.22. The van der Waals surface area contributed by atoms with Gasteiger partial charge in [-0.2, -0.15) is 0 Å². The van der Waals surface area contributed by atoms with Crippen molar-refractivity contribution in [3.63, 3.8) is 0 Å². The van der Waals surface area contributed by atoms with Crippen LogP contribution in [0.2, 0.25) is 0 Å². The Morgan fingerprint density at radius 1 is 1.57 bits per heavy atom. The van der Waals surface area contributed by atoms with Crippen LogP contribution in [0.15, 0.2) is 13.2 Å². The molecule has 0 N–H and O–H groups in total. The van der Waals surface area contributed by atoms with Gasteiger partial charge in [-0.15, -0.1) is 13.2 Å². The van der Waals surface area contributed by atoms with Gasteiger partial charge in [0.1, 0.15) is 11.9 Å². The predicted octanol–water partition coefficient (Wildman–Crippen LogP) is 2.32. The smallest absolute Gasteiger partial charge is 0.334 e. The summed E-state index contributed by atoms with van der Waals surface area (Å²) in [6, 6.07) is 0. The first-order valence-corrected chi connectivity index (χ1v) is 1.94. The molecule has 0 amide bonds. The second kappa shape index (κ2) is 9.25. The van der Waals surface area contributed by atoms with Gasteiger partial charge in [-0.05, 0) is 0 Å². The van der Waals surface area contributed by atoms with E-state index in [1.165, 1.54) is 0 Å². The van der Waals surface area contributed by atoms with Crippen molar-refractivity contribution in [1.29, 1.82) is 0 Å². The van der Waals surface area contributed by atoms with E-state index >= 15 is 0 Å². The number of hydrogen-bond acceptors (Lipinski definition) is 2. The van der Waals surface area contributed by atoms with Gasteiger partial charge in [0.25, 0.3) is 0 Å². The van der Waals surface area contributed by atoms with Crippen molar-refractivity contribution in [2.45, 2.75) is 0 Å². The molecule has 0 spiro atoms. The summed E-state index contributed by atoms with van der Waals surface area (Å²) in [6.45, 7) is 6.00. The van der Waals surface area contributed by atoms with Crippen LogP contribution >= 0.6 is 23.5 Å². The molecule has 0 heterocycles. The number of rotatable bonds is 0. The highest BCUT2D eigenvalue weighted by Crippen LogP contribution is 1.87. The SMILES string of the molecule is C=C.O=C(Cl)OCl. The Labute approximate surface area is 51.8 Å². The summed E-state index contributed by atoms with van der Waals surface area (Å²) >= 11 is 8.82. The van der Waals surface area contributed by atoms with Gasteiger partial charge in [0.05, 0.1) is 0 Å². The highest BCUT2D eigenvalue weighted by molar-refractivity contribution is 6.62. The molecular weight excluding hydrogens is 139 g/mol. The standard InChI is InChI=1S/C2H4.CCl2O2/c1-2;2-1(4)5-3/h1-2H2;. The molecule has 0 unspecified atom stereocenters. The summed E-state index contributed by atoms with van der Waals surface area (Å²) in [5.74, 6) is 0. The average Bonchev–Trinajstić information content (AvgIpc) is 1.73. The van der Waals surface area contributed by atoms with Gasteiger partial charge < -0.3 is 4.29 Å². The van der Waals surface area contributed by atoms with Gasteiger partial charge in [-0.1, -0.05) is 0 Å². The van der Waals surface area contributed by atoms with E-state index in [2.05, 4.69) is 40.9 Å². The quantitative estimate of drug-likeness (QED) is 0.384. The zero-order valence-electron chi connectivity index (χ0n) is 3.49. The Morgan fingerprint density at radius 3 is 1.71 bits per heavy atom. The fourth-order valence-corrected chi connectivity index (χ4v) is 0. The summed E-state index contributed by atoms with van der Waals surface area (Å²) in [7, 11) is 0. The first-order valence-electron chi connectivity index (χ1n) is 1.25. The Bertz CT molecular complexity index is 54.9. The highest BCUT2D eigenvalue weighted by atomic mass is 35.5. The Kier molecular flexibility index (Phi) is 13.1. The van der Waals surface area contributed by atoms with Crippen molar-refractivity contribution >= 4 is 28.9 Å². The predicted molar refractivity (Wildman–Crippen MR) is 29.4 cm³/mol. The lowest BCUT2D eigenvalue weighted by molar-refractivity contribution is 0.230. The molecular formula is C3H4Cl2O2. The zero-order chi connectivity index (χ0) is 6.28. The van der Waals surface area contributed by atoms with E-state index < -0.39 is 5.43 Å². The molecule has 0 saturated carbocycles. The normalized spacial score (nSPS) is 5.43. The molecule has 0 aliphatic carbocycles. The van der Waals surface area contributed by atoms with Crippen molar-refractivity contribution in [1.82, 2.24) is 0 Å². The molecule has 0 aromatic heterocycles. The maximum atomic E-state index is 9.22. The highest BCUT2D eigenvalue weighted by Gasteiger charge is 1.84. The van der Waals surface area contributed by atoms with Gasteiger partial charge >= 0.3 is 5.43 Å². The maximum Gasteiger partial charge on any atom is 0.421 e. The topological polar surface area (TPSA) is 26.3 Å². The number of hydrogen-bond donors (Lipinski definition) is 0. The molecule has 0 aliphatic heterocycles. The lowest BCUT2D eigenvalue weighted by Crippen LogP contribution is -1.72. The third-order valence-corrected chi connectivity index (χ3v) is 0.357. The average molecular weight is 143 g/mol. The molecule has 0 bridgehead atoms. The van der Waals surface area contributed by atoms with Crippen LogP contribution < -0.4 is 0 Å². The first-order chi connectivity index (χ1) is 3.27. The number of carbonyl (C=O) groups is 1. The van der Waals surface area contributed by atoms with Crippen molar-refractivity contribution in [2.24, 2.45) is 0 Å². The molecule has 0 aromatic rings. The summed E-state index contributed by atoms with van der Waals surface area (Å²) in [6.07, 6.45) is 0. The van der Waals surface area contributed by atoms with Gasteiger partial charge in [0.2, 0.25) is 0 Å². The fraction of sp³-hybridized carbons (Fsp3) is 0. The summed E-state index contributed by atoms with van der Waals surface area (Å²) in [5.41, 5.74) is -1.01. The largest absolute Gasteiger partial charge is 0.421 e. The minimum absolute atomic E-state index is 1.01. The molecule has 0 fully saturated rings. The molecule has 0 atom stereocenters. The summed E-state index contributed by atoms with van der Waals surface area (Å²) in [5, 5.41) is 0. The van der Waals surface area contributed by atoms with Gasteiger partial charge in [-0.25, -0.2) is 4.79 Å². The van der Waals surface area contributed by atoms with Crippen molar-refractivity contribution in [3.05, 3.63) is 13.2 Å². The van der Waals surface area contributed by atoms with Crippen LogP contribution in [0.1, 0.15) is 0 Å². The first kappa shape index (κ1) is 9.92. The lowest BCUT2D eigenvalue weighted by atomic mass is 11.3. The molecule has 4 heteroatoms. The molecule has 0 aromatic carbocycles. The van der Waals surface area contributed by atoms with E-state index in [0.29, 0.717) is 0 Å². The van der Waals surface area contributed by atoms with E-state index in [1.807, 2.05) is 0 Å². The molecule has 0 rings (SSSR count). The van der Waals surface area contributed by atoms with Crippen LogP contribution in [-0.2, 0) is 4.29 Å². The molecule has 0 aliphatic rings. The third kappa shape index (κ3) is 26.0. The zero-order valence-corrected chi connectivity index (χ0v) is 5.00. The van der Waals surface area contributed by atoms with Crippen molar-refractivity contribution in [3.8, 4) is 0 Å². The molecule has 7 heavy (non-hydrogen) atoms. The van der Waals surface area contributed by atoms with Crippen LogP contribution in [0.5, 0.6) is 0 Å². The van der Waals surface area contributed by atoms with E-state index in [9.17, 15) is 4.79 Å². The molecule has 2 nitrogen and oxygen atoms in total. The van der Waals surface area contributed by atoms with E-state index in [1.54, 1.807) is 0 Å². The van der Waals surface area contributed by atoms with Crippen molar-refractivity contribution < 1.29 is 9.08 Å². The van der Waals surface area contributed by atoms with Crippen LogP contribution in [0, 0.1) is 0 Å². The second-order valence-corrected chi connectivity index (χ2v) is 0.778. The van der Waals surface area contributed by atoms with Crippen LogP contribution in [-0.4, -0.2) is 5.43 Å². The van der Waals surface area contributed by atoms with Crippen molar-refractivity contribution in [2.75, 3.05) is 0 Å². The minimum atomic E-state index is -1.01. The molecule has 42 valence electrons. The second-order valence-electron chi connectivity index (χ2n) is 0.315. The Hall–Kier alpha value is -0.210. The van der Waals surface area contributed by atoms with Crippen LogP contribution in [0.4, 0.5) is 4.79 Å².